The van der Waals surface area contributed by atoms with Crippen molar-refractivity contribution in [1.82, 2.24) is 14.6 Å². The highest BCUT2D eigenvalue weighted by atomic mass is 35.5. The molecule has 0 amide bonds. The second-order valence-corrected chi connectivity index (χ2v) is 6.39. The van der Waals surface area contributed by atoms with Gasteiger partial charge in [0.1, 0.15) is 0 Å². The number of hydrogen-bond donors (Lipinski definition) is 1. The number of benzene rings is 1. The summed E-state index contributed by atoms with van der Waals surface area (Å²) < 4.78 is 1.52. The first-order chi connectivity index (χ1) is 10.5. The fourth-order valence-corrected chi connectivity index (χ4v) is 2.72. The van der Waals surface area contributed by atoms with Crippen molar-refractivity contribution in [2.75, 3.05) is 0 Å². The minimum absolute atomic E-state index is 0.0172. The van der Waals surface area contributed by atoms with E-state index in [1.165, 1.54) is 4.52 Å². The molecule has 5 heteroatoms. The topological polar surface area (TPSA) is 50.2 Å². The van der Waals surface area contributed by atoms with Crippen LogP contribution in [0.3, 0.4) is 0 Å². The van der Waals surface area contributed by atoms with E-state index in [4.69, 9.17) is 11.6 Å². The highest BCUT2D eigenvalue weighted by molar-refractivity contribution is 6.30. The number of nitrogens with zero attached hydrogens (tertiary/aromatic N) is 2. The van der Waals surface area contributed by atoms with Crippen LogP contribution < -0.4 is 5.56 Å². The third-order valence-electron chi connectivity index (χ3n) is 3.68. The molecule has 4 nitrogen and oxygen atoms in total. The number of fused-ring (bicyclic) bond motifs is 1. The number of aromatic nitrogens is 3. The average molecular weight is 316 g/mol. The number of aromatic amines is 1. The summed E-state index contributed by atoms with van der Waals surface area (Å²) in [7, 11) is 0. The number of halogens is 1. The van der Waals surface area contributed by atoms with Gasteiger partial charge in [-0.25, -0.2) is 9.50 Å². The van der Waals surface area contributed by atoms with Crippen LogP contribution in [0.2, 0.25) is 5.02 Å². The summed E-state index contributed by atoms with van der Waals surface area (Å²) in [6.45, 7) is 6.09. The van der Waals surface area contributed by atoms with E-state index in [0.29, 0.717) is 16.6 Å². The lowest BCUT2D eigenvalue weighted by atomic mass is 10.0. The van der Waals surface area contributed by atoms with Crippen molar-refractivity contribution >= 4 is 17.2 Å². The molecule has 0 aliphatic carbocycles. The molecule has 0 fully saturated rings. The molecule has 0 bridgehead atoms. The van der Waals surface area contributed by atoms with Crippen LogP contribution in [-0.2, 0) is 6.42 Å². The molecule has 0 saturated carbocycles. The molecule has 1 aromatic carbocycles. The van der Waals surface area contributed by atoms with Gasteiger partial charge in [0.2, 0.25) is 0 Å². The maximum atomic E-state index is 12.7. The molecule has 22 heavy (non-hydrogen) atoms. The molecule has 0 unspecified atom stereocenters. The third-order valence-corrected chi connectivity index (χ3v) is 3.93. The molecule has 2 aromatic heterocycles. The van der Waals surface area contributed by atoms with Crippen LogP contribution in [0.15, 0.2) is 35.1 Å². The second-order valence-electron chi connectivity index (χ2n) is 5.95. The standard InChI is InChI=1S/C17H18ClN3O/c1-10(2)8-14-11(3)19-16-9-15(20-21(16)17(14)22)12-4-6-13(18)7-5-12/h4-7,9-10,20H,8H2,1-3H3. The minimum Gasteiger partial charge on any atom is -0.289 e. The molecule has 0 radical (unpaired) electrons. The van der Waals surface area contributed by atoms with Gasteiger partial charge in [-0.2, -0.15) is 0 Å². The van der Waals surface area contributed by atoms with E-state index in [1.54, 1.807) is 0 Å². The van der Waals surface area contributed by atoms with Crippen LogP contribution in [-0.4, -0.2) is 14.6 Å². The molecular weight excluding hydrogens is 298 g/mol. The van der Waals surface area contributed by atoms with Crippen LogP contribution in [0, 0.1) is 12.8 Å². The Hall–Kier alpha value is -2.07. The zero-order valence-corrected chi connectivity index (χ0v) is 13.6. The molecular formula is C17H18ClN3O. The predicted molar refractivity (Wildman–Crippen MR) is 89.5 cm³/mol. The number of aryl methyl sites for hydroxylation is 1. The molecule has 0 spiro atoms. The lowest BCUT2D eigenvalue weighted by Crippen LogP contribution is -2.23. The van der Waals surface area contributed by atoms with Gasteiger partial charge in [-0.1, -0.05) is 37.6 Å². The van der Waals surface area contributed by atoms with E-state index in [1.807, 2.05) is 37.3 Å². The molecule has 3 rings (SSSR count). The monoisotopic (exact) mass is 315 g/mol. The van der Waals surface area contributed by atoms with E-state index >= 15 is 0 Å². The van der Waals surface area contributed by atoms with Crippen LogP contribution in [0.5, 0.6) is 0 Å². The normalized spacial score (nSPS) is 11.5. The van der Waals surface area contributed by atoms with Gasteiger partial charge in [0, 0.05) is 22.3 Å². The van der Waals surface area contributed by atoms with Crippen LogP contribution in [0.25, 0.3) is 16.9 Å². The summed E-state index contributed by atoms with van der Waals surface area (Å²) in [5, 5.41) is 3.82. The van der Waals surface area contributed by atoms with Crippen molar-refractivity contribution in [3.8, 4) is 11.3 Å². The zero-order chi connectivity index (χ0) is 15.9. The molecule has 2 heterocycles. The molecule has 1 N–H and O–H groups in total. The Morgan fingerprint density at radius 2 is 1.95 bits per heavy atom. The summed E-state index contributed by atoms with van der Waals surface area (Å²) in [5.74, 6) is 0.414. The Morgan fingerprint density at radius 1 is 1.27 bits per heavy atom. The molecule has 3 aromatic rings. The van der Waals surface area contributed by atoms with E-state index in [-0.39, 0.29) is 5.56 Å². The number of hydrogen-bond acceptors (Lipinski definition) is 2. The quantitative estimate of drug-likeness (QED) is 0.798. The lowest BCUT2D eigenvalue weighted by molar-refractivity contribution is 0.632. The number of H-pyrrole nitrogens is 1. The second kappa shape index (κ2) is 5.61. The summed E-state index contributed by atoms with van der Waals surface area (Å²) in [6, 6.07) is 9.37. The van der Waals surface area contributed by atoms with Gasteiger partial charge >= 0.3 is 0 Å². The number of rotatable bonds is 3. The Kier molecular flexibility index (Phi) is 3.79. The van der Waals surface area contributed by atoms with E-state index in [2.05, 4.69) is 23.9 Å². The van der Waals surface area contributed by atoms with Crippen molar-refractivity contribution in [2.24, 2.45) is 5.92 Å². The van der Waals surface area contributed by atoms with Gasteiger partial charge in [-0.15, -0.1) is 0 Å². The van der Waals surface area contributed by atoms with Crippen molar-refractivity contribution in [1.29, 1.82) is 0 Å². The summed E-state index contributed by atoms with van der Waals surface area (Å²) in [5.41, 5.74) is 4.02. The smallest absolute Gasteiger partial charge is 0.276 e. The largest absolute Gasteiger partial charge is 0.289 e. The Balaban J connectivity index is 2.16. The van der Waals surface area contributed by atoms with Gasteiger partial charge in [0.15, 0.2) is 5.65 Å². The average Bonchev–Trinajstić information content (AvgIpc) is 2.88. The lowest BCUT2D eigenvalue weighted by Gasteiger charge is -2.07. The molecule has 0 aliphatic rings. The fourth-order valence-electron chi connectivity index (χ4n) is 2.59. The van der Waals surface area contributed by atoms with Gasteiger partial charge < -0.3 is 0 Å². The minimum atomic E-state index is -0.0172. The fraction of sp³-hybridized carbons (Fsp3) is 0.294. The third kappa shape index (κ3) is 2.66. The maximum Gasteiger partial charge on any atom is 0.276 e. The SMILES string of the molecule is Cc1nc2cc(-c3ccc(Cl)cc3)[nH]n2c(=O)c1CC(C)C. The van der Waals surface area contributed by atoms with Crippen molar-refractivity contribution in [2.45, 2.75) is 27.2 Å². The van der Waals surface area contributed by atoms with Crippen LogP contribution in [0.4, 0.5) is 0 Å². The van der Waals surface area contributed by atoms with E-state index in [9.17, 15) is 4.79 Å². The first kappa shape index (κ1) is 14.9. The van der Waals surface area contributed by atoms with E-state index < -0.39 is 0 Å². The van der Waals surface area contributed by atoms with Gasteiger partial charge in [-0.3, -0.25) is 9.89 Å². The van der Waals surface area contributed by atoms with Crippen molar-refractivity contribution in [3.05, 3.63) is 57.0 Å². The molecule has 114 valence electrons. The van der Waals surface area contributed by atoms with Gasteiger partial charge in [0.25, 0.3) is 5.56 Å². The molecule has 0 atom stereocenters. The summed E-state index contributed by atoms with van der Waals surface area (Å²) in [4.78, 5) is 17.2. The van der Waals surface area contributed by atoms with Crippen LogP contribution >= 0.6 is 11.6 Å². The first-order valence-electron chi connectivity index (χ1n) is 7.33. The van der Waals surface area contributed by atoms with Crippen LogP contribution in [0.1, 0.15) is 25.1 Å². The first-order valence-corrected chi connectivity index (χ1v) is 7.70. The highest BCUT2D eigenvalue weighted by Crippen LogP contribution is 2.21. The maximum absolute atomic E-state index is 12.7. The van der Waals surface area contributed by atoms with Crippen molar-refractivity contribution in [3.63, 3.8) is 0 Å². The Morgan fingerprint density at radius 3 is 2.59 bits per heavy atom. The highest BCUT2D eigenvalue weighted by Gasteiger charge is 2.13. The number of nitrogens with one attached hydrogen (secondary N) is 1. The van der Waals surface area contributed by atoms with E-state index in [0.717, 1.165) is 28.9 Å². The van der Waals surface area contributed by atoms with Gasteiger partial charge in [0.05, 0.1) is 5.69 Å². The molecule has 0 saturated heterocycles. The zero-order valence-electron chi connectivity index (χ0n) is 12.9. The Bertz CT molecular complexity index is 875. The van der Waals surface area contributed by atoms with Crippen molar-refractivity contribution < 1.29 is 0 Å². The Labute approximate surface area is 133 Å². The summed E-state index contributed by atoms with van der Waals surface area (Å²) in [6.07, 6.45) is 0.732. The summed E-state index contributed by atoms with van der Waals surface area (Å²) >= 11 is 5.92. The van der Waals surface area contributed by atoms with Gasteiger partial charge in [-0.05, 0) is 37.0 Å². The molecule has 0 aliphatic heterocycles. The predicted octanol–water partition coefficient (Wildman–Crippen LogP) is 3.85.